The SMILES string of the molecule is c1cc2c3c(c1)OP(Oc1ccc4ccccc4c1)Oc1cccc4c1C3(CC2)CC4. The van der Waals surface area contributed by atoms with Crippen LogP contribution in [0, 0.1) is 0 Å². The summed E-state index contributed by atoms with van der Waals surface area (Å²) < 4.78 is 19.3. The lowest BCUT2D eigenvalue weighted by Crippen LogP contribution is -2.24. The quantitative estimate of drug-likeness (QED) is 0.321. The molecule has 0 aromatic heterocycles. The van der Waals surface area contributed by atoms with Crippen LogP contribution in [0.25, 0.3) is 10.8 Å². The first-order valence-electron chi connectivity index (χ1n) is 10.9. The Kier molecular flexibility index (Phi) is 3.69. The highest BCUT2D eigenvalue weighted by atomic mass is 31.2. The molecule has 1 spiro atoms. The number of fused-ring (bicyclic) bond motifs is 1. The number of rotatable bonds is 2. The highest BCUT2D eigenvalue weighted by Gasteiger charge is 2.50. The van der Waals surface area contributed by atoms with Crippen LogP contribution in [0.15, 0.2) is 78.9 Å². The van der Waals surface area contributed by atoms with Crippen molar-refractivity contribution in [2.24, 2.45) is 0 Å². The van der Waals surface area contributed by atoms with Crippen molar-refractivity contribution in [2.75, 3.05) is 0 Å². The number of hydrogen-bond acceptors (Lipinski definition) is 3. The average Bonchev–Trinajstić information content (AvgIpc) is 3.36. The summed E-state index contributed by atoms with van der Waals surface area (Å²) in [7, 11) is -1.63. The van der Waals surface area contributed by atoms with Crippen LogP contribution in [0.3, 0.4) is 0 Å². The Hall–Kier alpha value is -3.03. The summed E-state index contributed by atoms with van der Waals surface area (Å²) in [6.07, 6.45) is 4.42. The van der Waals surface area contributed by atoms with Crippen LogP contribution in [0.1, 0.15) is 35.1 Å². The first-order valence-corrected chi connectivity index (χ1v) is 12.0. The molecule has 3 nitrogen and oxygen atoms in total. The summed E-state index contributed by atoms with van der Waals surface area (Å²) in [5.41, 5.74) is 5.55. The molecule has 0 unspecified atom stereocenters. The molecule has 4 heteroatoms. The van der Waals surface area contributed by atoms with Crippen molar-refractivity contribution in [3.63, 3.8) is 0 Å². The Bertz CT molecular complexity index is 1280. The summed E-state index contributed by atoms with van der Waals surface area (Å²) >= 11 is 0. The minimum Gasteiger partial charge on any atom is -0.408 e. The molecule has 3 aliphatic rings. The second-order valence-corrected chi connectivity index (χ2v) is 9.66. The summed E-state index contributed by atoms with van der Waals surface area (Å²) in [5, 5.41) is 2.33. The molecule has 1 aliphatic heterocycles. The molecule has 0 amide bonds. The van der Waals surface area contributed by atoms with Gasteiger partial charge in [0.15, 0.2) is 0 Å². The van der Waals surface area contributed by atoms with Gasteiger partial charge in [0, 0.05) is 16.5 Å². The normalized spacial score (nSPS) is 17.8. The molecule has 0 N–H and O–H groups in total. The van der Waals surface area contributed by atoms with Crippen LogP contribution < -0.4 is 13.6 Å². The molecule has 4 aromatic carbocycles. The Morgan fingerprint density at radius 1 is 0.677 bits per heavy atom. The molecule has 1 heterocycles. The number of hydrogen-bond donors (Lipinski definition) is 0. The van der Waals surface area contributed by atoms with Crippen LogP contribution in [0.5, 0.6) is 17.2 Å². The minimum absolute atomic E-state index is 0.0161. The maximum Gasteiger partial charge on any atom is 0.530 e. The lowest BCUT2D eigenvalue weighted by atomic mass is 9.76. The van der Waals surface area contributed by atoms with Crippen LogP contribution in [-0.4, -0.2) is 0 Å². The maximum absolute atomic E-state index is 6.47. The van der Waals surface area contributed by atoms with E-state index in [1.54, 1.807) is 0 Å². The summed E-state index contributed by atoms with van der Waals surface area (Å²) in [6.45, 7) is 0. The van der Waals surface area contributed by atoms with E-state index in [9.17, 15) is 0 Å². The maximum atomic E-state index is 6.47. The van der Waals surface area contributed by atoms with Crippen molar-refractivity contribution in [3.05, 3.63) is 101 Å². The lowest BCUT2D eigenvalue weighted by molar-refractivity contribution is 0.364. The fraction of sp³-hybridized carbons (Fsp3) is 0.185. The van der Waals surface area contributed by atoms with Crippen LogP contribution in [-0.2, 0) is 18.3 Å². The molecule has 0 saturated carbocycles. The molecule has 0 saturated heterocycles. The van der Waals surface area contributed by atoms with E-state index in [4.69, 9.17) is 13.6 Å². The highest BCUT2D eigenvalue weighted by molar-refractivity contribution is 7.43. The van der Waals surface area contributed by atoms with E-state index in [0.29, 0.717) is 0 Å². The molecule has 0 bridgehead atoms. The molecule has 152 valence electrons. The van der Waals surface area contributed by atoms with Gasteiger partial charge in [0.05, 0.1) is 0 Å². The van der Waals surface area contributed by atoms with Gasteiger partial charge < -0.3 is 13.6 Å². The third kappa shape index (κ3) is 2.56. The van der Waals surface area contributed by atoms with E-state index in [1.165, 1.54) is 27.6 Å². The zero-order valence-corrected chi connectivity index (χ0v) is 17.9. The predicted molar refractivity (Wildman–Crippen MR) is 123 cm³/mol. The topological polar surface area (TPSA) is 27.7 Å². The van der Waals surface area contributed by atoms with E-state index in [1.807, 2.05) is 18.2 Å². The van der Waals surface area contributed by atoms with Crippen molar-refractivity contribution in [2.45, 2.75) is 31.1 Å². The van der Waals surface area contributed by atoms with E-state index >= 15 is 0 Å². The van der Waals surface area contributed by atoms with E-state index in [2.05, 4.69) is 60.7 Å². The van der Waals surface area contributed by atoms with Crippen LogP contribution >= 0.6 is 8.60 Å². The average molecular weight is 424 g/mol. The van der Waals surface area contributed by atoms with Gasteiger partial charge in [0.1, 0.15) is 17.2 Å². The fourth-order valence-electron chi connectivity index (χ4n) is 5.78. The smallest absolute Gasteiger partial charge is 0.408 e. The van der Waals surface area contributed by atoms with Gasteiger partial charge in [-0.1, -0.05) is 54.6 Å². The molecule has 4 aromatic rings. The van der Waals surface area contributed by atoms with Crippen molar-refractivity contribution in [1.82, 2.24) is 0 Å². The Balaban J connectivity index is 1.35. The molecule has 31 heavy (non-hydrogen) atoms. The van der Waals surface area contributed by atoms with Gasteiger partial charge in [-0.2, -0.15) is 0 Å². The third-order valence-electron chi connectivity index (χ3n) is 7.07. The van der Waals surface area contributed by atoms with E-state index < -0.39 is 8.60 Å². The molecular weight excluding hydrogens is 403 g/mol. The van der Waals surface area contributed by atoms with Crippen molar-refractivity contribution in [3.8, 4) is 17.2 Å². The standard InChI is InChI=1S/C27H21O3P/c1-2-6-21-17-22(12-11-18(21)5-1)28-31-29-23-9-3-7-19-13-15-27(25(19)23)16-14-20-8-4-10-24(30-31)26(20)27/h1-12,17H,13-16H2. The van der Waals surface area contributed by atoms with Gasteiger partial charge in [-0.05, 0) is 71.8 Å². The van der Waals surface area contributed by atoms with E-state index in [-0.39, 0.29) is 5.41 Å². The van der Waals surface area contributed by atoms with Gasteiger partial charge in [-0.3, -0.25) is 0 Å². The highest BCUT2D eigenvalue weighted by Crippen LogP contribution is 2.61. The number of benzene rings is 4. The molecule has 0 radical (unpaired) electrons. The Morgan fingerprint density at radius 2 is 1.32 bits per heavy atom. The van der Waals surface area contributed by atoms with Gasteiger partial charge >= 0.3 is 8.60 Å². The molecule has 0 atom stereocenters. The zero-order valence-electron chi connectivity index (χ0n) is 17.0. The Morgan fingerprint density at radius 3 is 2.00 bits per heavy atom. The third-order valence-corrected chi connectivity index (χ3v) is 8.12. The molecule has 2 aliphatic carbocycles. The van der Waals surface area contributed by atoms with Gasteiger partial charge in [0.25, 0.3) is 0 Å². The monoisotopic (exact) mass is 424 g/mol. The first kappa shape index (κ1) is 17.6. The summed E-state index contributed by atoms with van der Waals surface area (Å²) in [6, 6.07) is 27.3. The van der Waals surface area contributed by atoms with Crippen LogP contribution in [0.2, 0.25) is 0 Å². The molecular formula is C27H21O3P. The first-order chi connectivity index (χ1) is 15.3. The summed E-state index contributed by atoms with van der Waals surface area (Å²) in [5.74, 6) is 2.60. The van der Waals surface area contributed by atoms with Gasteiger partial charge in [-0.15, -0.1) is 0 Å². The fourth-order valence-corrected chi connectivity index (χ4v) is 6.80. The largest absolute Gasteiger partial charge is 0.530 e. The van der Waals surface area contributed by atoms with Gasteiger partial charge in [0.2, 0.25) is 0 Å². The van der Waals surface area contributed by atoms with Crippen molar-refractivity contribution >= 4 is 19.4 Å². The van der Waals surface area contributed by atoms with Crippen molar-refractivity contribution in [1.29, 1.82) is 0 Å². The second kappa shape index (κ2) is 6.48. The lowest BCUT2D eigenvalue weighted by Gasteiger charge is -2.33. The predicted octanol–water partition coefficient (Wildman–Crippen LogP) is 7.10. The number of aryl methyl sites for hydroxylation is 2. The van der Waals surface area contributed by atoms with Gasteiger partial charge in [-0.25, -0.2) is 0 Å². The Labute approximate surface area is 182 Å². The molecule has 0 fully saturated rings. The second-order valence-electron chi connectivity index (χ2n) is 8.67. The molecule has 7 rings (SSSR count). The zero-order chi connectivity index (χ0) is 20.4. The summed E-state index contributed by atoms with van der Waals surface area (Å²) in [4.78, 5) is 0. The van der Waals surface area contributed by atoms with Crippen LogP contribution in [0.4, 0.5) is 0 Å². The van der Waals surface area contributed by atoms with E-state index in [0.717, 1.165) is 48.3 Å². The van der Waals surface area contributed by atoms with Crippen molar-refractivity contribution < 1.29 is 13.6 Å². The minimum atomic E-state index is -1.63.